The van der Waals surface area contributed by atoms with Crippen LogP contribution in [0.1, 0.15) is 12.8 Å². The van der Waals surface area contributed by atoms with Crippen LogP contribution < -0.4 is 5.32 Å². The second-order valence-electron chi connectivity index (χ2n) is 6.51. The van der Waals surface area contributed by atoms with Gasteiger partial charge in [-0.25, -0.2) is 17.6 Å². The smallest absolute Gasteiger partial charge is 0.329 e. The van der Waals surface area contributed by atoms with Crippen molar-refractivity contribution in [2.24, 2.45) is 0 Å². The van der Waals surface area contributed by atoms with Gasteiger partial charge in [0.25, 0.3) is 5.91 Å². The second kappa shape index (κ2) is 8.23. The highest BCUT2D eigenvalue weighted by molar-refractivity contribution is 7.89. The number of piperazine rings is 1. The zero-order valence-corrected chi connectivity index (χ0v) is 15.8. The Hall–Kier alpha value is -2.53. The third-order valence-corrected chi connectivity index (χ3v) is 6.54. The number of sulfonamides is 1. The van der Waals surface area contributed by atoms with E-state index in [-0.39, 0.29) is 43.4 Å². The van der Waals surface area contributed by atoms with E-state index in [4.69, 9.17) is 4.74 Å². The molecule has 2 fully saturated rings. The number of esters is 1. The molecule has 0 spiro atoms. The van der Waals surface area contributed by atoms with E-state index >= 15 is 0 Å². The van der Waals surface area contributed by atoms with Crippen molar-refractivity contribution < 1.29 is 31.9 Å². The Balaban J connectivity index is 1.50. The molecule has 2 aliphatic heterocycles. The van der Waals surface area contributed by atoms with Crippen LogP contribution in [-0.4, -0.2) is 74.2 Å². The molecule has 0 unspecified atom stereocenters. The van der Waals surface area contributed by atoms with Crippen LogP contribution in [0.2, 0.25) is 0 Å². The summed E-state index contributed by atoms with van der Waals surface area (Å²) in [4.78, 5) is 36.4. The number of halogens is 1. The SMILES string of the molecule is O=C1CC[C@@H](C(=O)OCC(=O)N2CCN(S(=O)(=O)c3cccc(F)c3)CC2)N1. The number of nitrogens with zero attached hydrogens (tertiary/aromatic N) is 2. The zero-order valence-electron chi connectivity index (χ0n) is 15.0. The standard InChI is InChI=1S/C17H20FN3O6S/c18-12-2-1-3-13(10-12)28(25,26)21-8-6-20(7-9-21)16(23)11-27-17(24)14-4-5-15(22)19-14/h1-3,10,14H,4-9,11H2,(H,19,22)/t14-/m0/s1. The number of nitrogens with one attached hydrogen (secondary N) is 1. The number of rotatable bonds is 5. The molecule has 2 aliphatic rings. The molecule has 11 heteroatoms. The molecular formula is C17H20FN3O6S. The van der Waals surface area contributed by atoms with Crippen molar-refractivity contribution in [1.29, 1.82) is 0 Å². The molecule has 0 saturated carbocycles. The minimum Gasteiger partial charge on any atom is -0.454 e. The van der Waals surface area contributed by atoms with Gasteiger partial charge in [0.2, 0.25) is 15.9 Å². The zero-order chi connectivity index (χ0) is 20.3. The molecule has 2 saturated heterocycles. The Morgan fingerprint density at radius 3 is 2.54 bits per heavy atom. The number of hydrogen-bond acceptors (Lipinski definition) is 6. The summed E-state index contributed by atoms with van der Waals surface area (Å²) in [5.74, 6) is -1.98. The quantitative estimate of drug-likeness (QED) is 0.650. The van der Waals surface area contributed by atoms with E-state index in [1.165, 1.54) is 21.3 Å². The van der Waals surface area contributed by atoms with Crippen LogP contribution >= 0.6 is 0 Å². The van der Waals surface area contributed by atoms with Gasteiger partial charge in [0, 0.05) is 32.6 Å². The van der Waals surface area contributed by atoms with Crippen LogP contribution in [0, 0.1) is 5.82 Å². The molecule has 1 N–H and O–H groups in total. The van der Waals surface area contributed by atoms with E-state index in [0.29, 0.717) is 6.42 Å². The number of carbonyl (C=O) groups is 3. The Bertz CT molecular complexity index is 883. The summed E-state index contributed by atoms with van der Waals surface area (Å²) in [6, 6.07) is 4.02. The second-order valence-corrected chi connectivity index (χ2v) is 8.45. The van der Waals surface area contributed by atoms with Gasteiger partial charge in [0.15, 0.2) is 6.61 Å². The van der Waals surface area contributed by atoms with Crippen molar-refractivity contribution in [3.63, 3.8) is 0 Å². The van der Waals surface area contributed by atoms with Gasteiger partial charge in [-0.05, 0) is 24.6 Å². The number of carbonyl (C=O) groups excluding carboxylic acids is 3. The highest BCUT2D eigenvalue weighted by Gasteiger charge is 2.32. The van der Waals surface area contributed by atoms with Crippen molar-refractivity contribution in [3.05, 3.63) is 30.1 Å². The summed E-state index contributed by atoms with van der Waals surface area (Å²) in [6.45, 7) is -0.105. The first-order chi connectivity index (χ1) is 13.3. The average Bonchev–Trinajstić information content (AvgIpc) is 3.12. The average molecular weight is 413 g/mol. The van der Waals surface area contributed by atoms with Crippen molar-refractivity contribution in [3.8, 4) is 0 Å². The fourth-order valence-corrected chi connectivity index (χ4v) is 4.52. The minimum atomic E-state index is -3.85. The first-order valence-corrected chi connectivity index (χ1v) is 10.2. The largest absolute Gasteiger partial charge is 0.454 e. The highest BCUT2D eigenvalue weighted by atomic mass is 32.2. The summed E-state index contributed by atoms with van der Waals surface area (Å²) < 4.78 is 44.6. The maximum absolute atomic E-state index is 13.3. The Labute approximate surface area is 161 Å². The predicted molar refractivity (Wildman–Crippen MR) is 93.9 cm³/mol. The van der Waals surface area contributed by atoms with Crippen LogP contribution in [0.5, 0.6) is 0 Å². The lowest BCUT2D eigenvalue weighted by Crippen LogP contribution is -2.51. The molecule has 1 aromatic carbocycles. The van der Waals surface area contributed by atoms with Crippen molar-refractivity contribution in [1.82, 2.24) is 14.5 Å². The highest BCUT2D eigenvalue weighted by Crippen LogP contribution is 2.18. The van der Waals surface area contributed by atoms with Gasteiger partial charge in [-0.1, -0.05) is 6.07 Å². The van der Waals surface area contributed by atoms with E-state index in [1.807, 2.05) is 0 Å². The van der Waals surface area contributed by atoms with E-state index < -0.39 is 40.4 Å². The van der Waals surface area contributed by atoms with Crippen molar-refractivity contribution in [2.75, 3.05) is 32.8 Å². The van der Waals surface area contributed by atoms with Crippen LogP contribution in [-0.2, 0) is 29.1 Å². The lowest BCUT2D eigenvalue weighted by Gasteiger charge is -2.33. The topological polar surface area (TPSA) is 113 Å². The molecule has 9 nitrogen and oxygen atoms in total. The first-order valence-electron chi connectivity index (χ1n) is 8.77. The van der Waals surface area contributed by atoms with Gasteiger partial charge in [0.05, 0.1) is 4.90 Å². The number of benzene rings is 1. The molecule has 1 atom stereocenters. The lowest BCUT2D eigenvalue weighted by atomic mass is 10.2. The third-order valence-electron chi connectivity index (χ3n) is 4.64. The molecule has 0 aromatic heterocycles. The lowest BCUT2D eigenvalue weighted by molar-refractivity contribution is -0.154. The maximum Gasteiger partial charge on any atom is 0.329 e. The molecule has 3 rings (SSSR count). The summed E-state index contributed by atoms with van der Waals surface area (Å²) in [7, 11) is -3.85. The molecule has 1 aromatic rings. The molecule has 28 heavy (non-hydrogen) atoms. The molecule has 2 heterocycles. The van der Waals surface area contributed by atoms with Crippen molar-refractivity contribution in [2.45, 2.75) is 23.8 Å². The summed E-state index contributed by atoms with van der Waals surface area (Å²) in [5.41, 5.74) is 0. The fraction of sp³-hybridized carbons (Fsp3) is 0.471. The number of ether oxygens (including phenoxy) is 1. The molecular weight excluding hydrogens is 393 g/mol. The summed E-state index contributed by atoms with van der Waals surface area (Å²) >= 11 is 0. The third kappa shape index (κ3) is 4.47. The van der Waals surface area contributed by atoms with E-state index in [0.717, 1.165) is 12.1 Å². The van der Waals surface area contributed by atoms with Crippen LogP contribution in [0.3, 0.4) is 0 Å². The molecule has 0 radical (unpaired) electrons. The Kier molecular flexibility index (Phi) is 5.94. The maximum atomic E-state index is 13.3. The van der Waals surface area contributed by atoms with Gasteiger partial charge < -0.3 is 15.0 Å². The Morgan fingerprint density at radius 1 is 1.21 bits per heavy atom. The predicted octanol–water partition coefficient (Wildman–Crippen LogP) is -0.520. The van der Waals surface area contributed by atoms with Gasteiger partial charge in [-0.15, -0.1) is 0 Å². The van der Waals surface area contributed by atoms with E-state index in [9.17, 15) is 27.2 Å². The van der Waals surface area contributed by atoms with Crippen LogP contribution in [0.25, 0.3) is 0 Å². The molecule has 0 bridgehead atoms. The van der Waals surface area contributed by atoms with Gasteiger partial charge in [-0.2, -0.15) is 4.31 Å². The van der Waals surface area contributed by atoms with Crippen LogP contribution in [0.15, 0.2) is 29.2 Å². The van der Waals surface area contributed by atoms with Crippen molar-refractivity contribution >= 4 is 27.8 Å². The number of hydrogen-bond donors (Lipinski definition) is 1. The summed E-state index contributed by atoms with van der Waals surface area (Å²) in [6.07, 6.45) is 0.581. The Morgan fingerprint density at radius 2 is 1.93 bits per heavy atom. The van der Waals surface area contributed by atoms with Crippen LogP contribution in [0.4, 0.5) is 4.39 Å². The van der Waals surface area contributed by atoms with Gasteiger partial charge in [0.1, 0.15) is 11.9 Å². The fourth-order valence-electron chi connectivity index (χ4n) is 3.07. The molecule has 2 amide bonds. The monoisotopic (exact) mass is 413 g/mol. The van der Waals surface area contributed by atoms with Gasteiger partial charge in [-0.3, -0.25) is 9.59 Å². The normalized spacial score (nSPS) is 20.7. The van der Waals surface area contributed by atoms with E-state index in [1.54, 1.807) is 0 Å². The summed E-state index contributed by atoms with van der Waals surface area (Å²) in [5, 5.41) is 2.46. The first kappa shape index (κ1) is 20.2. The molecule has 0 aliphatic carbocycles. The number of amides is 2. The molecule has 152 valence electrons. The van der Waals surface area contributed by atoms with E-state index in [2.05, 4.69) is 5.32 Å². The van der Waals surface area contributed by atoms with Gasteiger partial charge >= 0.3 is 5.97 Å². The minimum absolute atomic E-state index is 0.0528.